The predicted molar refractivity (Wildman–Crippen MR) is 62.4 cm³/mol. The van der Waals surface area contributed by atoms with Gasteiger partial charge in [0.2, 0.25) is 0 Å². The standard InChI is InChI=1S/C11H11NO4S/c1-8-2-4-9(5-3-8)17(14,15)12-10-6-16-7-11(10)13/h2-7,12-13H,1H3. The Morgan fingerprint density at radius 1 is 1.18 bits per heavy atom. The highest BCUT2D eigenvalue weighted by atomic mass is 32.2. The first-order valence-electron chi connectivity index (χ1n) is 4.84. The van der Waals surface area contributed by atoms with Crippen LogP contribution in [-0.2, 0) is 10.0 Å². The zero-order valence-electron chi connectivity index (χ0n) is 9.04. The Morgan fingerprint density at radius 2 is 1.82 bits per heavy atom. The van der Waals surface area contributed by atoms with Crippen LogP contribution in [0.15, 0.2) is 46.1 Å². The van der Waals surface area contributed by atoms with E-state index in [9.17, 15) is 13.5 Å². The van der Waals surface area contributed by atoms with Gasteiger partial charge in [0.1, 0.15) is 18.2 Å². The van der Waals surface area contributed by atoms with E-state index in [2.05, 4.69) is 9.14 Å². The summed E-state index contributed by atoms with van der Waals surface area (Å²) in [7, 11) is -3.69. The molecule has 1 aromatic carbocycles. The molecular weight excluding hydrogens is 242 g/mol. The van der Waals surface area contributed by atoms with Crippen molar-refractivity contribution in [3.63, 3.8) is 0 Å². The van der Waals surface area contributed by atoms with Crippen molar-refractivity contribution in [3.05, 3.63) is 42.4 Å². The van der Waals surface area contributed by atoms with Crippen LogP contribution in [0.1, 0.15) is 5.56 Å². The average Bonchev–Trinajstić information content (AvgIpc) is 2.64. The monoisotopic (exact) mass is 253 g/mol. The maximum Gasteiger partial charge on any atom is 0.262 e. The summed E-state index contributed by atoms with van der Waals surface area (Å²) in [6.45, 7) is 1.87. The number of nitrogens with one attached hydrogen (secondary N) is 1. The van der Waals surface area contributed by atoms with E-state index in [0.29, 0.717) is 0 Å². The van der Waals surface area contributed by atoms with Crippen LogP contribution < -0.4 is 4.72 Å². The molecule has 0 radical (unpaired) electrons. The van der Waals surface area contributed by atoms with E-state index >= 15 is 0 Å². The van der Waals surface area contributed by atoms with Crippen molar-refractivity contribution in [2.24, 2.45) is 0 Å². The molecule has 1 aromatic heterocycles. The summed E-state index contributed by atoms with van der Waals surface area (Å²) >= 11 is 0. The Hall–Kier alpha value is -1.95. The van der Waals surface area contributed by atoms with Gasteiger partial charge in [0.15, 0.2) is 5.75 Å². The lowest BCUT2D eigenvalue weighted by Crippen LogP contribution is -2.12. The second-order valence-electron chi connectivity index (χ2n) is 3.59. The van der Waals surface area contributed by atoms with Crippen LogP contribution >= 0.6 is 0 Å². The molecule has 0 aliphatic carbocycles. The largest absolute Gasteiger partial charge is 0.503 e. The maximum absolute atomic E-state index is 11.9. The molecule has 0 saturated heterocycles. The van der Waals surface area contributed by atoms with Crippen molar-refractivity contribution in [1.82, 2.24) is 0 Å². The molecule has 0 saturated carbocycles. The highest BCUT2D eigenvalue weighted by molar-refractivity contribution is 7.92. The summed E-state index contributed by atoms with van der Waals surface area (Å²) in [4.78, 5) is 0.128. The summed E-state index contributed by atoms with van der Waals surface area (Å²) in [6, 6.07) is 6.39. The van der Waals surface area contributed by atoms with Gasteiger partial charge in [-0.05, 0) is 19.1 Å². The van der Waals surface area contributed by atoms with Gasteiger partial charge in [-0.2, -0.15) is 0 Å². The minimum absolute atomic E-state index is 0.0191. The van der Waals surface area contributed by atoms with Crippen LogP contribution in [0.2, 0.25) is 0 Å². The molecule has 0 fully saturated rings. The van der Waals surface area contributed by atoms with Gasteiger partial charge in [0.25, 0.3) is 10.0 Å². The number of hydrogen-bond donors (Lipinski definition) is 2. The third-order valence-corrected chi connectivity index (χ3v) is 3.60. The minimum Gasteiger partial charge on any atom is -0.503 e. The van der Waals surface area contributed by atoms with E-state index in [-0.39, 0.29) is 16.3 Å². The van der Waals surface area contributed by atoms with Gasteiger partial charge in [-0.15, -0.1) is 0 Å². The smallest absolute Gasteiger partial charge is 0.262 e. The molecule has 90 valence electrons. The third kappa shape index (κ3) is 2.42. The van der Waals surface area contributed by atoms with Gasteiger partial charge < -0.3 is 9.52 Å². The van der Waals surface area contributed by atoms with Crippen LogP contribution in [0.3, 0.4) is 0 Å². The number of hydrogen-bond acceptors (Lipinski definition) is 4. The fraction of sp³-hybridized carbons (Fsp3) is 0.0909. The molecule has 0 bridgehead atoms. The molecule has 0 amide bonds. The maximum atomic E-state index is 11.9. The Morgan fingerprint density at radius 3 is 2.35 bits per heavy atom. The first-order chi connectivity index (χ1) is 7.99. The van der Waals surface area contributed by atoms with Crippen molar-refractivity contribution < 1.29 is 17.9 Å². The number of rotatable bonds is 3. The normalized spacial score (nSPS) is 11.4. The topological polar surface area (TPSA) is 79.5 Å². The van der Waals surface area contributed by atoms with Gasteiger partial charge in [-0.25, -0.2) is 8.42 Å². The summed E-state index contributed by atoms with van der Waals surface area (Å²) in [5, 5.41) is 9.28. The van der Waals surface area contributed by atoms with E-state index < -0.39 is 10.0 Å². The van der Waals surface area contributed by atoms with Crippen molar-refractivity contribution in [2.75, 3.05) is 4.72 Å². The van der Waals surface area contributed by atoms with Crippen molar-refractivity contribution >= 4 is 15.7 Å². The van der Waals surface area contributed by atoms with Gasteiger partial charge in [0.05, 0.1) is 4.90 Å². The SMILES string of the molecule is Cc1ccc(S(=O)(=O)Nc2cocc2O)cc1. The summed E-state index contributed by atoms with van der Waals surface area (Å²) in [5.41, 5.74) is 0.987. The fourth-order valence-electron chi connectivity index (χ4n) is 1.29. The van der Waals surface area contributed by atoms with Crippen LogP contribution in [0.5, 0.6) is 5.75 Å². The molecule has 17 heavy (non-hydrogen) atoms. The van der Waals surface area contributed by atoms with E-state index in [1.807, 2.05) is 6.92 Å². The Bertz CT molecular complexity index is 613. The number of aryl methyl sites for hydroxylation is 1. The minimum atomic E-state index is -3.69. The lowest BCUT2D eigenvalue weighted by atomic mass is 10.2. The highest BCUT2D eigenvalue weighted by Crippen LogP contribution is 2.26. The number of sulfonamides is 1. The predicted octanol–water partition coefficient (Wildman–Crippen LogP) is 2.09. The molecule has 6 heteroatoms. The van der Waals surface area contributed by atoms with E-state index in [1.165, 1.54) is 12.1 Å². The second-order valence-corrected chi connectivity index (χ2v) is 5.27. The van der Waals surface area contributed by atoms with Crippen molar-refractivity contribution in [1.29, 1.82) is 0 Å². The highest BCUT2D eigenvalue weighted by Gasteiger charge is 2.16. The molecule has 0 aliphatic heterocycles. The fourth-order valence-corrected chi connectivity index (χ4v) is 2.34. The first kappa shape index (κ1) is 11.5. The van der Waals surface area contributed by atoms with E-state index in [4.69, 9.17) is 0 Å². The van der Waals surface area contributed by atoms with Crippen molar-refractivity contribution in [2.45, 2.75) is 11.8 Å². The molecule has 5 nitrogen and oxygen atoms in total. The van der Waals surface area contributed by atoms with Crippen LogP contribution in [0.4, 0.5) is 5.69 Å². The van der Waals surface area contributed by atoms with Gasteiger partial charge in [-0.1, -0.05) is 17.7 Å². The second kappa shape index (κ2) is 4.14. The Labute approximate surface area is 98.8 Å². The van der Waals surface area contributed by atoms with E-state index in [0.717, 1.165) is 18.1 Å². The van der Waals surface area contributed by atoms with Crippen LogP contribution in [-0.4, -0.2) is 13.5 Å². The van der Waals surface area contributed by atoms with E-state index in [1.54, 1.807) is 12.1 Å². The molecule has 1 heterocycles. The molecule has 0 unspecified atom stereocenters. The van der Waals surface area contributed by atoms with Gasteiger partial charge in [0, 0.05) is 0 Å². The molecule has 0 spiro atoms. The quantitative estimate of drug-likeness (QED) is 0.877. The number of anilines is 1. The molecule has 2 N–H and O–H groups in total. The van der Waals surface area contributed by atoms with Crippen molar-refractivity contribution in [3.8, 4) is 5.75 Å². The lowest BCUT2D eigenvalue weighted by molar-refractivity contribution is 0.459. The molecular formula is C11H11NO4S. The average molecular weight is 253 g/mol. The molecule has 0 atom stereocenters. The molecule has 2 aromatic rings. The Kier molecular flexibility index (Phi) is 2.81. The third-order valence-electron chi connectivity index (χ3n) is 2.22. The van der Waals surface area contributed by atoms with Gasteiger partial charge in [-0.3, -0.25) is 4.72 Å². The number of benzene rings is 1. The zero-order valence-corrected chi connectivity index (χ0v) is 9.86. The summed E-state index contributed by atoms with van der Waals surface area (Å²) in [6.07, 6.45) is 2.17. The van der Waals surface area contributed by atoms with Crippen LogP contribution in [0, 0.1) is 6.92 Å². The molecule has 2 rings (SSSR count). The number of aromatic hydroxyl groups is 1. The number of furan rings is 1. The summed E-state index contributed by atoms with van der Waals surface area (Å²) < 4.78 is 30.7. The first-order valence-corrected chi connectivity index (χ1v) is 6.32. The molecule has 0 aliphatic rings. The lowest BCUT2D eigenvalue weighted by Gasteiger charge is -2.06. The van der Waals surface area contributed by atoms with Gasteiger partial charge >= 0.3 is 0 Å². The zero-order chi connectivity index (χ0) is 12.5. The summed E-state index contributed by atoms with van der Waals surface area (Å²) in [5.74, 6) is -0.249. The Balaban J connectivity index is 2.31. The van der Waals surface area contributed by atoms with Crippen LogP contribution in [0.25, 0.3) is 0 Å².